The minimum absolute atomic E-state index is 0.0927. The van der Waals surface area contributed by atoms with Crippen molar-refractivity contribution in [2.24, 2.45) is 0 Å². The summed E-state index contributed by atoms with van der Waals surface area (Å²) in [5.74, 6) is 2.84. The summed E-state index contributed by atoms with van der Waals surface area (Å²) >= 11 is 0. The summed E-state index contributed by atoms with van der Waals surface area (Å²) in [6.07, 6.45) is 6.85. The van der Waals surface area contributed by atoms with E-state index >= 15 is 0 Å². The second-order valence-corrected chi connectivity index (χ2v) is 6.36. The number of urea groups is 1. The molecule has 1 atom stereocenters. The Morgan fingerprint density at radius 2 is 2.05 bits per heavy atom. The number of nitrogens with zero attached hydrogens (tertiary/aromatic N) is 3. The quantitative estimate of drug-likeness (QED) is 0.882. The maximum absolute atomic E-state index is 12.1. The summed E-state index contributed by atoms with van der Waals surface area (Å²) in [6, 6.07) is 0.517. The van der Waals surface area contributed by atoms with Gasteiger partial charge in [0, 0.05) is 31.0 Å². The van der Waals surface area contributed by atoms with Crippen molar-refractivity contribution in [1.82, 2.24) is 25.4 Å². The van der Waals surface area contributed by atoms with Crippen LogP contribution < -0.4 is 5.32 Å². The Bertz CT molecular complexity index is 505. The van der Waals surface area contributed by atoms with E-state index in [4.69, 9.17) is 0 Å². The number of carbonyl (C=O) groups is 1. The topological polar surface area (TPSA) is 73.9 Å². The summed E-state index contributed by atoms with van der Waals surface area (Å²) in [6.45, 7) is 1.61. The molecule has 3 aliphatic rings. The Labute approximate surface area is 118 Å². The number of aromatic nitrogens is 3. The Kier molecular flexibility index (Phi) is 2.89. The molecular formula is C14H21N5O. The number of aromatic amines is 1. The number of piperidine rings is 1. The monoisotopic (exact) mass is 275 g/mol. The number of H-pyrrole nitrogens is 1. The van der Waals surface area contributed by atoms with Crippen molar-refractivity contribution in [3.8, 4) is 0 Å². The fourth-order valence-corrected chi connectivity index (χ4v) is 2.88. The number of rotatable bonds is 3. The number of hydrogen-bond donors (Lipinski definition) is 2. The number of likely N-dealkylation sites (tertiary alicyclic amines) is 1. The summed E-state index contributed by atoms with van der Waals surface area (Å²) in [5.41, 5.74) is 0. The smallest absolute Gasteiger partial charge is 0.317 e. The van der Waals surface area contributed by atoms with Gasteiger partial charge in [-0.15, -0.1) is 0 Å². The number of carbonyl (C=O) groups excluding carboxylic acids is 1. The molecule has 0 bridgehead atoms. The van der Waals surface area contributed by atoms with Gasteiger partial charge in [-0.2, -0.15) is 5.10 Å². The third-order valence-electron chi connectivity index (χ3n) is 4.46. The molecule has 4 rings (SSSR count). The van der Waals surface area contributed by atoms with Gasteiger partial charge in [0.05, 0.1) is 0 Å². The van der Waals surface area contributed by atoms with Gasteiger partial charge in [0.15, 0.2) is 5.82 Å². The van der Waals surface area contributed by atoms with Crippen molar-refractivity contribution < 1.29 is 4.79 Å². The Balaban J connectivity index is 1.40. The highest BCUT2D eigenvalue weighted by Crippen LogP contribution is 2.38. The van der Waals surface area contributed by atoms with Crippen molar-refractivity contribution in [2.45, 2.75) is 56.4 Å². The fourth-order valence-electron chi connectivity index (χ4n) is 2.88. The van der Waals surface area contributed by atoms with Crippen LogP contribution in [0, 0.1) is 0 Å². The zero-order chi connectivity index (χ0) is 13.5. The first kappa shape index (κ1) is 12.2. The molecule has 2 amide bonds. The van der Waals surface area contributed by atoms with E-state index in [-0.39, 0.29) is 11.9 Å². The van der Waals surface area contributed by atoms with Crippen LogP contribution in [0.15, 0.2) is 0 Å². The van der Waals surface area contributed by atoms with Gasteiger partial charge in [-0.3, -0.25) is 5.10 Å². The highest BCUT2D eigenvalue weighted by molar-refractivity contribution is 5.75. The minimum atomic E-state index is 0.0927. The van der Waals surface area contributed by atoms with Crippen LogP contribution in [0.2, 0.25) is 0 Å². The molecule has 0 unspecified atom stereocenters. The van der Waals surface area contributed by atoms with Crippen LogP contribution in [0.3, 0.4) is 0 Å². The highest BCUT2D eigenvalue weighted by Gasteiger charge is 2.32. The molecule has 2 N–H and O–H groups in total. The molecule has 1 aromatic heterocycles. The van der Waals surface area contributed by atoms with Crippen molar-refractivity contribution in [2.75, 3.05) is 13.1 Å². The first-order valence-corrected chi connectivity index (χ1v) is 7.77. The zero-order valence-corrected chi connectivity index (χ0v) is 11.6. The molecule has 108 valence electrons. The molecule has 0 aromatic carbocycles. The zero-order valence-electron chi connectivity index (χ0n) is 11.6. The largest absolute Gasteiger partial charge is 0.335 e. The summed E-state index contributed by atoms with van der Waals surface area (Å²) in [5, 5.41) is 10.5. The third-order valence-corrected chi connectivity index (χ3v) is 4.46. The maximum Gasteiger partial charge on any atom is 0.317 e. The van der Waals surface area contributed by atoms with Crippen molar-refractivity contribution in [3.63, 3.8) is 0 Å². The van der Waals surface area contributed by atoms with E-state index in [2.05, 4.69) is 20.5 Å². The van der Waals surface area contributed by atoms with Crippen molar-refractivity contribution in [3.05, 3.63) is 11.6 Å². The van der Waals surface area contributed by atoms with E-state index in [9.17, 15) is 4.79 Å². The van der Waals surface area contributed by atoms with Gasteiger partial charge in [-0.1, -0.05) is 0 Å². The van der Waals surface area contributed by atoms with Crippen molar-refractivity contribution in [1.29, 1.82) is 0 Å². The van der Waals surface area contributed by atoms with E-state index in [1.165, 1.54) is 12.8 Å². The minimum Gasteiger partial charge on any atom is -0.335 e. The molecule has 2 heterocycles. The molecule has 3 fully saturated rings. The van der Waals surface area contributed by atoms with Crippen LogP contribution in [0.1, 0.15) is 62.0 Å². The van der Waals surface area contributed by atoms with Crippen LogP contribution in [0.4, 0.5) is 4.79 Å². The van der Waals surface area contributed by atoms with Crippen LogP contribution in [-0.4, -0.2) is 45.2 Å². The van der Waals surface area contributed by atoms with Crippen LogP contribution in [-0.2, 0) is 0 Å². The van der Waals surface area contributed by atoms with E-state index < -0.39 is 0 Å². The Hall–Kier alpha value is -1.59. The standard InChI is InChI=1S/C14H21N5O/c20-14(15-11-5-6-11)19-7-1-2-10(8-19)13-16-12(17-18-13)9-3-4-9/h9-11H,1-8H2,(H,15,20)(H,16,17,18)/t10-/m0/s1. The molecule has 0 radical (unpaired) electrons. The number of hydrogen-bond acceptors (Lipinski definition) is 3. The molecule has 2 saturated carbocycles. The summed E-state index contributed by atoms with van der Waals surface area (Å²) < 4.78 is 0. The molecular weight excluding hydrogens is 254 g/mol. The number of nitrogens with one attached hydrogen (secondary N) is 2. The predicted octanol–water partition coefficient (Wildman–Crippen LogP) is 1.73. The van der Waals surface area contributed by atoms with E-state index in [1.807, 2.05) is 4.90 Å². The van der Waals surface area contributed by atoms with Crippen LogP contribution in [0.5, 0.6) is 0 Å². The predicted molar refractivity (Wildman–Crippen MR) is 73.5 cm³/mol. The average Bonchev–Trinajstić information content (AvgIpc) is 3.40. The SMILES string of the molecule is O=C(NC1CC1)N1CCC[C@H](c2n[nH]c(C3CC3)n2)C1. The molecule has 6 heteroatoms. The lowest BCUT2D eigenvalue weighted by Crippen LogP contribution is -2.45. The van der Waals surface area contributed by atoms with Gasteiger partial charge < -0.3 is 10.2 Å². The van der Waals surface area contributed by atoms with E-state index in [0.29, 0.717) is 12.0 Å². The van der Waals surface area contributed by atoms with Crippen LogP contribution in [0.25, 0.3) is 0 Å². The molecule has 1 aliphatic heterocycles. The Morgan fingerprint density at radius 1 is 1.20 bits per heavy atom. The number of amides is 2. The van der Waals surface area contributed by atoms with Gasteiger partial charge in [-0.25, -0.2) is 9.78 Å². The van der Waals surface area contributed by atoms with Gasteiger partial charge in [0.25, 0.3) is 0 Å². The molecule has 20 heavy (non-hydrogen) atoms. The first-order valence-electron chi connectivity index (χ1n) is 7.77. The lowest BCUT2D eigenvalue weighted by molar-refractivity contribution is 0.178. The van der Waals surface area contributed by atoms with Gasteiger partial charge in [0.1, 0.15) is 5.82 Å². The first-order chi connectivity index (χ1) is 9.79. The molecule has 1 saturated heterocycles. The molecule has 6 nitrogen and oxygen atoms in total. The van der Waals surface area contributed by atoms with Crippen molar-refractivity contribution >= 4 is 6.03 Å². The van der Waals surface area contributed by atoms with Crippen LogP contribution >= 0.6 is 0 Å². The molecule has 1 aromatic rings. The van der Waals surface area contributed by atoms with Gasteiger partial charge in [0.2, 0.25) is 0 Å². The molecule has 2 aliphatic carbocycles. The van der Waals surface area contributed by atoms with Gasteiger partial charge >= 0.3 is 6.03 Å². The summed E-state index contributed by atoms with van der Waals surface area (Å²) in [7, 11) is 0. The van der Waals surface area contributed by atoms with E-state index in [0.717, 1.165) is 50.4 Å². The fraction of sp³-hybridized carbons (Fsp3) is 0.786. The lowest BCUT2D eigenvalue weighted by atomic mass is 9.97. The third kappa shape index (κ3) is 2.51. The highest BCUT2D eigenvalue weighted by atomic mass is 16.2. The second-order valence-electron chi connectivity index (χ2n) is 6.36. The molecule has 0 spiro atoms. The lowest BCUT2D eigenvalue weighted by Gasteiger charge is -2.31. The van der Waals surface area contributed by atoms with E-state index in [1.54, 1.807) is 0 Å². The maximum atomic E-state index is 12.1. The second kappa shape index (κ2) is 4.75. The average molecular weight is 275 g/mol. The Morgan fingerprint density at radius 3 is 2.80 bits per heavy atom. The summed E-state index contributed by atoms with van der Waals surface area (Å²) in [4.78, 5) is 18.7. The normalized spacial score (nSPS) is 26.6. The van der Waals surface area contributed by atoms with Gasteiger partial charge in [-0.05, 0) is 38.5 Å².